The number of carbonyl (C=O) groups is 3. The van der Waals surface area contributed by atoms with Crippen LogP contribution in [0.1, 0.15) is 15.9 Å². The van der Waals surface area contributed by atoms with E-state index in [9.17, 15) is 14.4 Å². The standard InChI is InChI=1S/C18H15Cl3N2O4/c1-10-13(20)3-2-4-15(10)23-16(24)9-27-17(25)8-22-18(26)12-6-5-11(19)7-14(12)21/h2-7H,8-9H2,1H3,(H,22,26)(H,23,24). The highest BCUT2D eigenvalue weighted by Crippen LogP contribution is 2.23. The zero-order chi connectivity index (χ0) is 20.0. The molecule has 2 aromatic carbocycles. The fraction of sp³-hybridized carbons (Fsp3) is 0.167. The van der Waals surface area contributed by atoms with E-state index in [1.807, 2.05) is 0 Å². The van der Waals surface area contributed by atoms with Crippen molar-refractivity contribution < 1.29 is 19.1 Å². The predicted molar refractivity (Wildman–Crippen MR) is 105 cm³/mol. The van der Waals surface area contributed by atoms with E-state index in [4.69, 9.17) is 39.5 Å². The number of carbonyl (C=O) groups excluding carboxylic acids is 3. The summed E-state index contributed by atoms with van der Waals surface area (Å²) < 4.78 is 4.83. The van der Waals surface area contributed by atoms with Crippen LogP contribution in [0.25, 0.3) is 0 Å². The first-order valence-corrected chi connectivity index (χ1v) is 8.85. The largest absolute Gasteiger partial charge is 0.454 e. The van der Waals surface area contributed by atoms with Gasteiger partial charge in [0.25, 0.3) is 11.8 Å². The number of halogens is 3. The molecule has 142 valence electrons. The summed E-state index contributed by atoms with van der Waals surface area (Å²) in [5, 5.41) is 6.00. The van der Waals surface area contributed by atoms with Crippen molar-refractivity contribution in [3.05, 3.63) is 62.6 Å². The van der Waals surface area contributed by atoms with E-state index in [0.717, 1.165) is 0 Å². The lowest BCUT2D eigenvalue weighted by Crippen LogP contribution is -2.32. The molecule has 0 bridgehead atoms. The second-order valence-electron chi connectivity index (χ2n) is 5.43. The summed E-state index contributed by atoms with van der Waals surface area (Å²) in [5.41, 5.74) is 1.39. The monoisotopic (exact) mass is 428 g/mol. The number of nitrogens with one attached hydrogen (secondary N) is 2. The van der Waals surface area contributed by atoms with Crippen molar-refractivity contribution in [2.24, 2.45) is 0 Å². The topological polar surface area (TPSA) is 84.5 Å². The molecule has 9 heteroatoms. The number of benzene rings is 2. The third kappa shape index (κ3) is 6.13. The summed E-state index contributed by atoms with van der Waals surface area (Å²) in [4.78, 5) is 35.6. The van der Waals surface area contributed by atoms with Gasteiger partial charge in [0, 0.05) is 15.7 Å². The van der Waals surface area contributed by atoms with Gasteiger partial charge in [0.1, 0.15) is 6.54 Å². The van der Waals surface area contributed by atoms with Gasteiger partial charge in [-0.05, 0) is 42.8 Å². The highest BCUT2D eigenvalue weighted by Gasteiger charge is 2.14. The summed E-state index contributed by atoms with van der Waals surface area (Å²) in [6.07, 6.45) is 0. The summed E-state index contributed by atoms with van der Waals surface area (Å²) in [5.74, 6) is -1.86. The molecule has 6 nitrogen and oxygen atoms in total. The van der Waals surface area contributed by atoms with E-state index in [1.54, 1.807) is 25.1 Å². The smallest absolute Gasteiger partial charge is 0.325 e. The normalized spacial score (nSPS) is 10.2. The van der Waals surface area contributed by atoms with Gasteiger partial charge in [-0.1, -0.05) is 40.9 Å². The first-order chi connectivity index (χ1) is 12.8. The molecule has 0 radical (unpaired) electrons. The van der Waals surface area contributed by atoms with Crippen LogP contribution in [0.3, 0.4) is 0 Å². The van der Waals surface area contributed by atoms with Crippen LogP contribution < -0.4 is 10.6 Å². The lowest BCUT2D eigenvalue weighted by Gasteiger charge is -2.10. The van der Waals surface area contributed by atoms with Gasteiger partial charge in [-0.3, -0.25) is 14.4 Å². The van der Waals surface area contributed by atoms with Crippen molar-refractivity contribution in [2.75, 3.05) is 18.5 Å². The van der Waals surface area contributed by atoms with Crippen LogP contribution >= 0.6 is 34.8 Å². The fourth-order valence-corrected chi connectivity index (χ4v) is 2.72. The van der Waals surface area contributed by atoms with Crippen LogP contribution in [0, 0.1) is 6.92 Å². The molecule has 0 spiro atoms. The SMILES string of the molecule is Cc1c(Cl)cccc1NC(=O)COC(=O)CNC(=O)c1ccc(Cl)cc1Cl. The molecule has 0 saturated carbocycles. The second-order valence-corrected chi connectivity index (χ2v) is 6.68. The third-order valence-electron chi connectivity index (χ3n) is 3.48. The zero-order valence-electron chi connectivity index (χ0n) is 14.1. The Morgan fingerprint density at radius 3 is 2.48 bits per heavy atom. The van der Waals surface area contributed by atoms with E-state index < -0.39 is 30.9 Å². The van der Waals surface area contributed by atoms with Crippen molar-refractivity contribution in [3.63, 3.8) is 0 Å². The summed E-state index contributed by atoms with van der Waals surface area (Å²) in [6, 6.07) is 9.42. The van der Waals surface area contributed by atoms with Crippen LogP contribution in [0.2, 0.25) is 15.1 Å². The Morgan fingerprint density at radius 1 is 1.04 bits per heavy atom. The molecule has 2 N–H and O–H groups in total. The molecule has 0 aliphatic rings. The van der Waals surface area contributed by atoms with Crippen molar-refractivity contribution in [3.8, 4) is 0 Å². The Morgan fingerprint density at radius 2 is 1.78 bits per heavy atom. The van der Waals surface area contributed by atoms with E-state index >= 15 is 0 Å². The lowest BCUT2D eigenvalue weighted by molar-refractivity contribution is -0.146. The summed E-state index contributed by atoms with van der Waals surface area (Å²) in [6.45, 7) is 0.838. The molecular weight excluding hydrogens is 415 g/mol. The summed E-state index contributed by atoms with van der Waals surface area (Å²) >= 11 is 17.7. The van der Waals surface area contributed by atoms with Gasteiger partial charge in [0.05, 0.1) is 10.6 Å². The Bertz CT molecular complexity index is 887. The van der Waals surface area contributed by atoms with Crippen LogP contribution in [0.5, 0.6) is 0 Å². The van der Waals surface area contributed by atoms with Gasteiger partial charge < -0.3 is 15.4 Å². The maximum Gasteiger partial charge on any atom is 0.325 e. The molecule has 0 heterocycles. The molecule has 0 saturated heterocycles. The van der Waals surface area contributed by atoms with Crippen LogP contribution in [-0.4, -0.2) is 30.9 Å². The molecule has 0 aliphatic heterocycles. The van der Waals surface area contributed by atoms with Crippen molar-refractivity contribution in [1.82, 2.24) is 5.32 Å². The molecule has 0 aliphatic carbocycles. The average molecular weight is 430 g/mol. The van der Waals surface area contributed by atoms with E-state index in [0.29, 0.717) is 21.3 Å². The number of rotatable bonds is 6. The first kappa shape index (κ1) is 21.0. The van der Waals surface area contributed by atoms with Gasteiger partial charge in [0.2, 0.25) is 0 Å². The second kappa shape index (κ2) is 9.60. The maximum absolute atomic E-state index is 12.0. The Hall–Kier alpha value is -2.28. The Labute approximate surface area is 170 Å². The Balaban J connectivity index is 1.79. The van der Waals surface area contributed by atoms with E-state index in [1.165, 1.54) is 18.2 Å². The quantitative estimate of drug-likeness (QED) is 0.683. The molecule has 0 atom stereocenters. The average Bonchev–Trinajstić information content (AvgIpc) is 2.62. The van der Waals surface area contributed by atoms with Crippen LogP contribution in [0.4, 0.5) is 5.69 Å². The minimum absolute atomic E-state index is 0.157. The van der Waals surface area contributed by atoms with Gasteiger partial charge in [-0.2, -0.15) is 0 Å². The van der Waals surface area contributed by atoms with Gasteiger partial charge in [-0.15, -0.1) is 0 Å². The number of esters is 1. The highest BCUT2D eigenvalue weighted by molar-refractivity contribution is 6.36. The third-order valence-corrected chi connectivity index (χ3v) is 4.43. The minimum Gasteiger partial charge on any atom is -0.454 e. The van der Waals surface area contributed by atoms with E-state index in [2.05, 4.69) is 10.6 Å². The molecule has 2 rings (SSSR count). The molecule has 0 unspecified atom stereocenters. The van der Waals surface area contributed by atoms with Crippen molar-refractivity contribution >= 4 is 58.3 Å². The zero-order valence-corrected chi connectivity index (χ0v) is 16.4. The molecule has 2 amide bonds. The number of anilines is 1. The molecule has 0 fully saturated rings. The van der Waals surface area contributed by atoms with Gasteiger partial charge in [-0.25, -0.2) is 0 Å². The van der Waals surface area contributed by atoms with Crippen LogP contribution in [-0.2, 0) is 14.3 Å². The number of amides is 2. The van der Waals surface area contributed by atoms with E-state index in [-0.39, 0.29) is 10.6 Å². The van der Waals surface area contributed by atoms with Crippen LogP contribution in [0.15, 0.2) is 36.4 Å². The van der Waals surface area contributed by atoms with Gasteiger partial charge >= 0.3 is 5.97 Å². The fourth-order valence-electron chi connectivity index (χ4n) is 2.05. The van der Waals surface area contributed by atoms with Crippen molar-refractivity contribution in [2.45, 2.75) is 6.92 Å². The van der Waals surface area contributed by atoms with Gasteiger partial charge in [0.15, 0.2) is 6.61 Å². The Kier molecular flexibility index (Phi) is 7.47. The molecule has 2 aromatic rings. The predicted octanol–water partition coefficient (Wildman–Crippen LogP) is 3.87. The number of hydrogen-bond acceptors (Lipinski definition) is 4. The lowest BCUT2D eigenvalue weighted by atomic mass is 10.2. The molecule has 27 heavy (non-hydrogen) atoms. The molecule has 0 aromatic heterocycles. The minimum atomic E-state index is -0.772. The highest BCUT2D eigenvalue weighted by atomic mass is 35.5. The first-order valence-electron chi connectivity index (χ1n) is 7.71. The van der Waals surface area contributed by atoms with Crippen molar-refractivity contribution in [1.29, 1.82) is 0 Å². The maximum atomic E-state index is 12.0. The number of hydrogen-bond donors (Lipinski definition) is 2. The molecular formula is C18H15Cl3N2O4. The summed E-state index contributed by atoms with van der Waals surface area (Å²) in [7, 11) is 0. The number of ether oxygens (including phenoxy) is 1.